The van der Waals surface area contributed by atoms with Gasteiger partial charge in [-0.05, 0) is 37.8 Å². The molecule has 2 aromatic rings. The maximum Gasteiger partial charge on any atom is 0.223 e. The van der Waals surface area contributed by atoms with E-state index in [1.165, 1.54) is 5.56 Å². The molecular formula is C22H27N3O2. The predicted molar refractivity (Wildman–Crippen MR) is 104 cm³/mol. The molecule has 1 N–H and O–H groups in total. The summed E-state index contributed by atoms with van der Waals surface area (Å²) in [4.78, 5) is 18.5. The average molecular weight is 365 g/mol. The minimum Gasteiger partial charge on any atom is -0.489 e. The molecule has 2 fully saturated rings. The first-order valence-corrected chi connectivity index (χ1v) is 9.90. The number of hydrogen-bond donors (Lipinski definition) is 1. The van der Waals surface area contributed by atoms with Crippen LogP contribution in [0.4, 0.5) is 0 Å². The lowest BCUT2D eigenvalue weighted by atomic mass is 10.0. The zero-order valence-corrected chi connectivity index (χ0v) is 15.6. The van der Waals surface area contributed by atoms with Crippen LogP contribution in [0.5, 0.6) is 5.75 Å². The standard InChI is InChI=1S/C22H27N3O2/c26-22(18-7-8-18)24-20-9-12-25(13-10-20)15-19-5-1-2-6-21(19)27-16-17-4-3-11-23-14-17/h1-6,11,14,18,20H,7-10,12-13,15-16H2,(H,24,26). The van der Waals surface area contributed by atoms with Crippen molar-refractivity contribution in [2.75, 3.05) is 13.1 Å². The monoisotopic (exact) mass is 365 g/mol. The molecule has 0 unspecified atom stereocenters. The molecule has 1 aliphatic carbocycles. The van der Waals surface area contributed by atoms with Gasteiger partial charge in [0, 0.05) is 55.1 Å². The minimum absolute atomic E-state index is 0.266. The number of aromatic nitrogens is 1. The first-order valence-electron chi connectivity index (χ1n) is 9.90. The van der Waals surface area contributed by atoms with Crippen molar-refractivity contribution in [3.8, 4) is 5.75 Å². The summed E-state index contributed by atoms with van der Waals surface area (Å²) < 4.78 is 6.05. The fourth-order valence-corrected chi connectivity index (χ4v) is 3.56. The fourth-order valence-electron chi connectivity index (χ4n) is 3.56. The van der Waals surface area contributed by atoms with E-state index in [1.54, 1.807) is 6.20 Å². The third-order valence-corrected chi connectivity index (χ3v) is 5.37. The lowest BCUT2D eigenvalue weighted by Gasteiger charge is -2.32. The molecule has 0 bridgehead atoms. The number of para-hydroxylation sites is 1. The quantitative estimate of drug-likeness (QED) is 0.819. The van der Waals surface area contributed by atoms with Crippen molar-refractivity contribution in [1.29, 1.82) is 0 Å². The van der Waals surface area contributed by atoms with E-state index >= 15 is 0 Å². The Kier molecular flexibility index (Phi) is 5.68. The maximum atomic E-state index is 11.9. The van der Waals surface area contributed by atoms with Gasteiger partial charge in [-0.2, -0.15) is 0 Å². The topological polar surface area (TPSA) is 54.5 Å². The SMILES string of the molecule is O=C(NC1CCN(Cc2ccccc2OCc2cccnc2)CC1)C1CC1. The van der Waals surface area contributed by atoms with Crippen molar-refractivity contribution in [3.63, 3.8) is 0 Å². The lowest BCUT2D eigenvalue weighted by Crippen LogP contribution is -2.44. The van der Waals surface area contributed by atoms with Gasteiger partial charge in [0.05, 0.1) is 0 Å². The lowest BCUT2D eigenvalue weighted by molar-refractivity contribution is -0.123. The smallest absolute Gasteiger partial charge is 0.223 e. The van der Waals surface area contributed by atoms with Crippen LogP contribution in [0, 0.1) is 5.92 Å². The molecule has 1 amide bonds. The van der Waals surface area contributed by atoms with Crippen LogP contribution in [0.15, 0.2) is 48.8 Å². The summed E-state index contributed by atoms with van der Waals surface area (Å²) >= 11 is 0. The number of benzene rings is 1. The second-order valence-electron chi connectivity index (χ2n) is 7.59. The van der Waals surface area contributed by atoms with Crippen molar-refractivity contribution >= 4 is 5.91 Å². The number of pyridine rings is 1. The van der Waals surface area contributed by atoms with E-state index in [0.29, 0.717) is 18.6 Å². The van der Waals surface area contributed by atoms with E-state index in [2.05, 4.69) is 27.3 Å². The molecule has 27 heavy (non-hydrogen) atoms. The largest absolute Gasteiger partial charge is 0.489 e. The van der Waals surface area contributed by atoms with Crippen LogP contribution < -0.4 is 10.1 Å². The minimum atomic E-state index is 0.266. The third kappa shape index (κ3) is 5.07. The van der Waals surface area contributed by atoms with E-state index in [0.717, 1.165) is 56.6 Å². The van der Waals surface area contributed by atoms with Gasteiger partial charge in [-0.3, -0.25) is 14.7 Å². The number of likely N-dealkylation sites (tertiary alicyclic amines) is 1. The summed E-state index contributed by atoms with van der Waals surface area (Å²) in [7, 11) is 0. The predicted octanol–water partition coefficient (Wildman–Crippen LogP) is 3.15. The van der Waals surface area contributed by atoms with E-state index in [9.17, 15) is 4.79 Å². The number of carbonyl (C=O) groups excluding carboxylic acids is 1. The summed E-state index contributed by atoms with van der Waals surface area (Å²) in [5, 5.41) is 3.22. The number of hydrogen-bond acceptors (Lipinski definition) is 4. The number of amides is 1. The Bertz CT molecular complexity index is 753. The van der Waals surface area contributed by atoms with Crippen LogP contribution in [0.25, 0.3) is 0 Å². The van der Waals surface area contributed by atoms with E-state index in [-0.39, 0.29) is 5.91 Å². The third-order valence-electron chi connectivity index (χ3n) is 5.37. The van der Waals surface area contributed by atoms with Crippen molar-refractivity contribution in [3.05, 3.63) is 59.9 Å². The maximum absolute atomic E-state index is 11.9. The van der Waals surface area contributed by atoms with Crippen molar-refractivity contribution in [2.45, 2.75) is 44.9 Å². The Morgan fingerprint density at radius 1 is 1.11 bits per heavy atom. The molecule has 2 heterocycles. The second kappa shape index (κ2) is 8.53. The molecule has 0 spiro atoms. The van der Waals surface area contributed by atoms with E-state index in [4.69, 9.17) is 4.74 Å². The van der Waals surface area contributed by atoms with Crippen LogP contribution in [0.1, 0.15) is 36.8 Å². The number of ether oxygens (including phenoxy) is 1. The highest BCUT2D eigenvalue weighted by atomic mass is 16.5. The van der Waals surface area contributed by atoms with Gasteiger partial charge in [-0.25, -0.2) is 0 Å². The highest BCUT2D eigenvalue weighted by Gasteiger charge is 2.31. The molecule has 1 aromatic carbocycles. The summed E-state index contributed by atoms with van der Waals surface area (Å²) in [6.45, 7) is 3.42. The summed E-state index contributed by atoms with van der Waals surface area (Å²) in [6, 6.07) is 12.5. The van der Waals surface area contributed by atoms with Gasteiger partial charge in [-0.15, -0.1) is 0 Å². The number of rotatable bonds is 7. The molecule has 5 nitrogen and oxygen atoms in total. The van der Waals surface area contributed by atoms with E-state index in [1.807, 2.05) is 30.5 Å². The Balaban J connectivity index is 1.29. The highest BCUT2D eigenvalue weighted by molar-refractivity contribution is 5.81. The van der Waals surface area contributed by atoms with E-state index < -0.39 is 0 Å². The van der Waals surface area contributed by atoms with Crippen molar-refractivity contribution < 1.29 is 9.53 Å². The zero-order valence-electron chi connectivity index (χ0n) is 15.6. The van der Waals surface area contributed by atoms with Crippen LogP contribution in [-0.4, -0.2) is 34.9 Å². The molecule has 1 aliphatic heterocycles. The molecule has 0 radical (unpaired) electrons. The number of nitrogens with zero attached hydrogens (tertiary/aromatic N) is 2. The summed E-state index contributed by atoms with van der Waals surface area (Å²) in [5.74, 6) is 1.50. The Morgan fingerprint density at radius 3 is 2.67 bits per heavy atom. The summed E-state index contributed by atoms with van der Waals surface area (Å²) in [6.07, 6.45) is 7.80. The van der Waals surface area contributed by atoms with Gasteiger partial charge in [0.2, 0.25) is 5.91 Å². The van der Waals surface area contributed by atoms with Crippen LogP contribution >= 0.6 is 0 Å². The molecule has 1 saturated carbocycles. The molecule has 1 aromatic heterocycles. The van der Waals surface area contributed by atoms with Crippen molar-refractivity contribution in [1.82, 2.24) is 15.2 Å². The van der Waals surface area contributed by atoms with Gasteiger partial charge in [0.15, 0.2) is 0 Å². The second-order valence-corrected chi connectivity index (χ2v) is 7.59. The first kappa shape index (κ1) is 18.0. The van der Waals surface area contributed by atoms with Crippen LogP contribution in [-0.2, 0) is 17.9 Å². The van der Waals surface area contributed by atoms with Gasteiger partial charge >= 0.3 is 0 Å². The van der Waals surface area contributed by atoms with Gasteiger partial charge in [0.25, 0.3) is 0 Å². The number of piperidine rings is 1. The Hall–Kier alpha value is -2.40. The van der Waals surface area contributed by atoms with Gasteiger partial charge in [0.1, 0.15) is 12.4 Å². The van der Waals surface area contributed by atoms with Crippen LogP contribution in [0.2, 0.25) is 0 Å². The number of carbonyl (C=O) groups is 1. The normalized spacial score (nSPS) is 18.2. The van der Waals surface area contributed by atoms with Crippen molar-refractivity contribution in [2.24, 2.45) is 5.92 Å². The highest BCUT2D eigenvalue weighted by Crippen LogP contribution is 2.29. The summed E-state index contributed by atoms with van der Waals surface area (Å²) in [5.41, 5.74) is 2.28. The molecule has 0 atom stereocenters. The molecule has 4 rings (SSSR count). The average Bonchev–Trinajstić information content (AvgIpc) is 3.55. The molecule has 1 saturated heterocycles. The first-order chi connectivity index (χ1) is 13.3. The molecule has 2 aliphatic rings. The Labute approximate surface area is 160 Å². The Morgan fingerprint density at radius 2 is 1.93 bits per heavy atom. The van der Waals surface area contributed by atoms with Gasteiger partial charge < -0.3 is 10.1 Å². The molecule has 142 valence electrons. The zero-order chi connectivity index (χ0) is 18.5. The number of nitrogens with one attached hydrogen (secondary N) is 1. The van der Waals surface area contributed by atoms with Crippen LogP contribution in [0.3, 0.4) is 0 Å². The molecular weight excluding hydrogens is 338 g/mol. The fraction of sp³-hybridized carbons (Fsp3) is 0.455. The van der Waals surface area contributed by atoms with Gasteiger partial charge in [-0.1, -0.05) is 24.3 Å². The molecule has 5 heteroatoms.